The maximum Gasteiger partial charge on any atom is 0.338 e. The Bertz CT molecular complexity index is 862. The lowest BCUT2D eigenvalue weighted by Crippen LogP contribution is -2.21. The number of para-hydroxylation sites is 2. The molecule has 7 nitrogen and oxygen atoms in total. The number of carbonyl (C=O) groups is 2. The van der Waals surface area contributed by atoms with E-state index in [2.05, 4.69) is 5.32 Å². The maximum absolute atomic E-state index is 12.3. The summed E-state index contributed by atoms with van der Waals surface area (Å²) >= 11 is 0. The van der Waals surface area contributed by atoms with Gasteiger partial charge in [0.15, 0.2) is 6.61 Å². The first-order valence-corrected chi connectivity index (χ1v) is 9.81. The molecule has 1 fully saturated rings. The number of carbonyl (C=O) groups excluding carboxylic acids is 2. The van der Waals surface area contributed by atoms with E-state index in [0.29, 0.717) is 29.3 Å². The predicted octanol–water partition coefficient (Wildman–Crippen LogP) is 3.78. The molecule has 0 atom stereocenters. The van der Waals surface area contributed by atoms with Crippen molar-refractivity contribution in [3.63, 3.8) is 0 Å². The SMILES string of the molecule is CCOc1ccccc1NC(=O)COc1cc(C(=O)OC2CCCC2)ccc1N. The first-order valence-electron chi connectivity index (χ1n) is 9.81. The Balaban J connectivity index is 1.59. The molecule has 0 bridgehead atoms. The van der Waals surface area contributed by atoms with E-state index in [9.17, 15) is 9.59 Å². The van der Waals surface area contributed by atoms with Crippen LogP contribution in [0.1, 0.15) is 43.0 Å². The molecule has 0 radical (unpaired) electrons. The van der Waals surface area contributed by atoms with Gasteiger partial charge in [-0.3, -0.25) is 4.79 Å². The van der Waals surface area contributed by atoms with Crippen LogP contribution in [-0.2, 0) is 9.53 Å². The minimum absolute atomic E-state index is 0.0272. The van der Waals surface area contributed by atoms with Gasteiger partial charge in [-0.05, 0) is 62.9 Å². The van der Waals surface area contributed by atoms with Crippen molar-refractivity contribution in [2.75, 3.05) is 24.3 Å². The summed E-state index contributed by atoms with van der Waals surface area (Å²) in [6.45, 7) is 2.10. The van der Waals surface area contributed by atoms with Gasteiger partial charge in [0.25, 0.3) is 5.91 Å². The fourth-order valence-electron chi connectivity index (χ4n) is 3.19. The lowest BCUT2D eigenvalue weighted by atomic mass is 10.2. The Morgan fingerprint density at radius 3 is 2.59 bits per heavy atom. The van der Waals surface area contributed by atoms with Gasteiger partial charge in [-0.15, -0.1) is 0 Å². The van der Waals surface area contributed by atoms with Crippen molar-refractivity contribution in [2.24, 2.45) is 0 Å². The normalized spacial score (nSPS) is 13.7. The van der Waals surface area contributed by atoms with Gasteiger partial charge < -0.3 is 25.3 Å². The van der Waals surface area contributed by atoms with Crippen LogP contribution in [0.4, 0.5) is 11.4 Å². The molecule has 1 aliphatic rings. The highest BCUT2D eigenvalue weighted by atomic mass is 16.5. The predicted molar refractivity (Wildman–Crippen MR) is 110 cm³/mol. The maximum atomic E-state index is 12.3. The molecule has 0 saturated heterocycles. The van der Waals surface area contributed by atoms with Crippen molar-refractivity contribution in [2.45, 2.75) is 38.7 Å². The Morgan fingerprint density at radius 2 is 1.83 bits per heavy atom. The number of ether oxygens (including phenoxy) is 3. The number of hydrogen-bond acceptors (Lipinski definition) is 6. The van der Waals surface area contributed by atoms with Gasteiger partial charge >= 0.3 is 5.97 Å². The lowest BCUT2D eigenvalue weighted by Gasteiger charge is -2.14. The van der Waals surface area contributed by atoms with E-state index in [1.807, 2.05) is 13.0 Å². The molecule has 3 N–H and O–H groups in total. The highest BCUT2D eigenvalue weighted by Crippen LogP contribution is 2.27. The summed E-state index contributed by atoms with van der Waals surface area (Å²) in [5.74, 6) is 0.0750. The van der Waals surface area contributed by atoms with Crippen LogP contribution in [0, 0.1) is 0 Å². The van der Waals surface area contributed by atoms with Gasteiger partial charge in [0, 0.05) is 0 Å². The molecule has 2 aromatic rings. The molecule has 0 heterocycles. The largest absolute Gasteiger partial charge is 0.492 e. The highest BCUT2D eigenvalue weighted by Gasteiger charge is 2.21. The summed E-state index contributed by atoms with van der Waals surface area (Å²) in [6.07, 6.45) is 3.92. The van der Waals surface area contributed by atoms with E-state index in [0.717, 1.165) is 25.7 Å². The van der Waals surface area contributed by atoms with Gasteiger partial charge in [0.1, 0.15) is 17.6 Å². The second-order valence-electron chi connectivity index (χ2n) is 6.83. The van der Waals surface area contributed by atoms with E-state index in [4.69, 9.17) is 19.9 Å². The molecule has 0 aromatic heterocycles. The highest BCUT2D eigenvalue weighted by molar-refractivity contribution is 5.94. The van der Waals surface area contributed by atoms with Crippen LogP contribution in [0.3, 0.4) is 0 Å². The molecule has 0 spiro atoms. The number of hydrogen-bond donors (Lipinski definition) is 2. The van der Waals surface area contributed by atoms with Crippen LogP contribution in [0.15, 0.2) is 42.5 Å². The topological polar surface area (TPSA) is 99.9 Å². The lowest BCUT2D eigenvalue weighted by molar-refractivity contribution is -0.118. The second kappa shape index (κ2) is 9.82. The van der Waals surface area contributed by atoms with Gasteiger partial charge in [0.05, 0.1) is 23.5 Å². The van der Waals surface area contributed by atoms with Gasteiger partial charge in [-0.1, -0.05) is 12.1 Å². The van der Waals surface area contributed by atoms with Crippen LogP contribution in [0.2, 0.25) is 0 Å². The third kappa shape index (κ3) is 5.63. The van der Waals surface area contributed by atoms with Crippen LogP contribution < -0.4 is 20.5 Å². The number of amides is 1. The summed E-state index contributed by atoms with van der Waals surface area (Å²) in [4.78, 5) is 24.6. The zero-order valence-electron chi connectivity index (χ0n) is 16.5. The van der Waals surface area contributed by atoms with Gasteiger partial charge in [-0.25, -0.2) is 4.79 Å². The third-order valence-corrected chi connectivity index (χ3v) is 4.64. The summed E-state index contributed by atoms with van der Waals surface area (Å²) in [5.41, 5.74) is 7.17. The molecule has 1 aliphatic carbocycles. The van der Waals surface area contributed by atoms with E-state index < -0.39 is 5.97 Å². The first kappa shape index (κ1) is 20.5. The zero-order valence-corrected chi connectivity index (χ0v) is 16.5. The fourth-order valence-corrected chi connectivity index (χ4v) is 3.19. The Kier molecular flexibility index (Phi) is 6.94. The van der Waals surface area contributed by atoms with E-state index in [-0.39, 0.29) is 24.4 Å². The van der Waals surface area contributed by atoms with Crippen LogP contribution in [0.25, 0.3) is 0 Å². The Labute approximate surface area is 170 Å². The molecular formula is C22H26N2O5. The summed E-state index contributed by atoms with van der Waals surface area (Å²) in [5, 5.41) is 2.75. The molecule has 2 aromatic carbocycles. The molecule has 0 aliphatic heterocycles. The zero-order chi connectivity index (χ0) is 20.6. The first-order chi connectivity index (χ1) is 14.1. The number of esters is 1. The van der Waals surface area contributed by atoms with Crippen molar-refractivity contribution in [1.82, 2.24) is 0 Å². The van der Waals surface area contributed by atoms with E-state index in [1.165, 1.54) is 6.07 Å². The second-order valence-corrected chi connectivity index (χ2v) is 6.83. The van der Waals surface area contributed by atoms with Crippen molar-refractivity contribution in [1.29, 1.82) is 0 Å². The fraction of sp³-hybridized carbons (Fsp3) is 0.364. The van der Waals surface area contributed by atoms with Crippen LogP contribution in [-0.4, -0.2) is 31.2 Å². The van der Waals surface area contributed by atoms with Crippen molar-refractivity contribution in [3.05, 3.63) is 48.0 Å². The number of nitrogen functional groups attached to an aromatic ring is 1. The molecule has 3 rings (SSSR count). The number of nitrogens with two attached hydrogens (primary N) is 1. The van der Waals surface area contributed by atoms with Crippen LogP contribution in [0.5, 0.6) is 11.5 Å². The number of rotatable bonds is 8. The van der Waals surface area contributed by atoms with Gasteiger partial charge in [0.2, 0.25) is 0 Å². The average Bonchev–Trinajstić information content (AvgIpc) is 3.22. The molecular weight excluding hydrogens is 372 g/mol. The quantitative estimate of drug-likeness (QED) is 0.518. The third-order valence-electron chi connectivity index (χ3n) is 4.64. The monoisotopic (exact) mass is 398 g/mol. The van der Waals surface area contributed by atoms with Crippen molar-refractivity contribution in [3.8, 4) is 11.5 Å². The summed E-state index contributed by atoms with van der Waals surface area (Å²) in [7, 11) is 0. The molecule has 1 saturated carbocycles. The number of nitrogens with one attached hydrogen (secondary N) is 1. The van der Waals surface area contributed by atoms with Crippen molar-refractivity contribution >= 4 is 23.3 Å². The Morgan fingerprint density at radius 1 is 1.07 bits per heavy atom. The van der Waals surface area contributed by atoms with Gasteiger partial charge in [-0.2, -0.15) is 0 Å². The van der Waals surface area contributed by atoms with Crippen molar-refractivity contribution < 1.29 is 23.8 Å². The molecule has 0 unspecified atom stereocenters. The number of benzene rings is 2. The smallest absolute Gasteiger partial charge is 0.338 e. The minimum atomic E-state index is -0.406. The summed E-state index contributed by atoms with van der Waals surface area (Å²) < 4.78 is 16.5. The molecule has 29 heavy (non-hydrogen) atoms. The molecule has 154 valence electrons. The average molecular weight is 398 g/mol. The number of anilines is 2. The summed E-state index contributed by atoms with van der Waals surface area (Å²) in [6, 6.07) is 11.8. The molecule has 1 amide bonds. The minimum Gasteiger partial charge on any atom is -0.492 e. The van der Waals surface area contributed by atoms with E-state index in [1.54, 1.807) is 30.3 Å². The molecule has 7 heteroatoms. The van der Waals surface area contributed by atoms with Crippen LogP contribution >= 0.6 is 0 Å². The standard InChI is InChI=1S/C22H26N2O5/c1-2-27-19-10-6-5-9-18(19)24-21(25)14-28-20-13-15(11-12-17(20)23)22(26)29-16-7-3-4-8-16/h5-6,9-13,16H,2-4,7-8,14,23H2,1H3,(H,24,25). The Hall–Kier alpha value is -3.22. The van der Waals surface area contributed by atoms with E-state index >= 15 is 0 Å².